The Balaban J connectivity index is 2.23. The van der Waals surface area contributed by atoms with E-state index in [1.807, 2.05) is 0 Å². The van der Waals surface area contributed by atoms with Crippen molar-refractivity contribution in [2.24, 2.45) is 0 Å². The van der Waals surface area contributed by atoms with Crippen molar-refractivity contribution in [1.29, 1.82) is 0 Å². The summed E-state index contributed by atoms with van der Waals surface area (Å²) in [6, 6.07) is 10.5. The van der Waals surface area contributed by atoms with E-state index in [-0.39, 0.29) is 6.54 Å². The molecule has 110 valence electrons. The van der Waals surface area contributed by atoms with E-state index in [1.165, 1.54) is 13.2 Å². The van der Waals surface area contributed by atoms with Crippen molar-refractivity contribution in [3.63, 3.8) is 0 Å². The summed E-state index contributed by atoms with van der Waals surface area (Å²) in [4.78, 5) is 13.7. The van der Waals surface area contributed by atoms with Crippen LogP contribution in [-0.4, -0.2) is 26.5 Å². The van der Waals surface area contributed by atoms with Gasteiger partial charge in [-0.15, -0.1) is 0 Å². The lowest BCUT2D eigenvalue weighted by Gasteiger charge is -2.21. The molecular weight excluding hydrogens is 276 g/mol. The molecular formula is C16H15F2NO2. The molecule has 0 atom stereocenters. The summed E-state index contributed by atoms with van der Waals surface area (Å²) in [7, 11) is 3.18. The number of hydrogen-bond acceptors (Lipinski definition) is 3. The minimum atomic E-state index is -0.853. The Morgan fingerprint density at radius 2 is 1.71 bits per heavy atom. The van der Waals surface area contributed by atoms with Gasteiger partial charge in [-0.1, -0.05) is 18.2 Å². The SMILES string of the molecule is COc1ccccc1N(C)CC(=O)c1c(F)cccc1F. The number of hydrogen-bond donors (Lipinski definition) is 0. The molecule has 0 fully saturated rings. The fourth-order valence-electron chi connectivity index (χ4n) is 2.09. The first-order chi connectivity index (χ1) is 10.0. The lowest BCUT2D eigenvalue weighted by Crippen LogP contribution is -2.27. The normalized spacial score (nSPS) is 10.3. The monoisotopic (exact) mass is 291 g/mol. The second-order valence-corrected chi connectivity index (χ2v) is 4.55. The number of likely N-dealkylation sites (N-methyl/N-ethyl adjacent to an activating group) is 1. The number of ketones is 1. The van der Waals surface area contributed by atoms with Crippen molar-refractivity contribution in [2.45, 2.75) is 0 Å². The Morgan fingerprint density at radius 1 is 1.10 bits per heavy atom. The predicted octanol–water partition coefficient (Wildman–Crippen LogP) is 3.29. The quantitative estimate of drug-likeness (QED) is 0.792. The molecule has 0 bridgehead atoms. The second-order valence-electron chi connectivity index (χ2n) is 4.55. The van der Waals surface area contributed by atoms with Gasteiger partial charge in [-0.05, 0) is 24.3 Å². The number of para-hydroxylation sites is 2. The van der Waals surface area contributed by atoms with Crippen molar-refractivity contribution in [3.05, 3.63) is 59.7 Å². The molecule has 0 aromatic heterocycles. The van der Waals surface area contributed by atoms with Crippen LogP contribution in [0.15, 0.2) is 42.5 Å². The summed E-state index contributed by atoms with van der Waals surface area (Å²) < 4.78 is 32.4. The molecule has 21 heavy (non-hydrogen) atoms. The molecule has 3 nitrogen and oxygen atoms in total. The maximum Gasteiger partial charge on any atom is 0.187 e. The molecule has 0 aliphatic carbocycles. The van der Waals surface area contributed by atoms with Crippen LogP contribution in [0.2, 0.25) is 0 Å². The topological polar surface area (TPSA) is 29.5 Å². The van der Waals surface area contributed by atoms with Gasteiger partial charge in [0, 0.05) is 7.05 Å². The van der Waals surface area contributed by atoms with Crippen LogP contribution in [0.5, 0.6) is 5.75 Å². The molecule has 2 aromatic carbocycles. The Bertz CT molecular complexity index is 638. The number of benzene rings is 2. The van der Waals surface area contributed by atoms with Gasteiger partial charge in [-0.3, -0.25) is 4.79 Å². The number of Topliss-reactive ketones (excluding diaryl/α,β-unsaturated/α-hetero) is 1. The molecule has 0 radical (unpaired) electrons. The van der Waals surface area contributed by atoms with Gasteiger partial charge in [0.25, 0.3) is 0 Å². The van der Waals surface area contributed by atoms with Gasteiger partial charge in [-0.2, -0.15) is 0 Å². The fraction of sp³-hybridized carbons (Fsp3) is 0.188. The van der Waals surface area contributed by atoms with E-state index in [9.17, 15) is 13.6 Å². The van der Waals surface area contributed by atoms with E-state index >= 15 is 0 Å². The summed E-state index contributed by atoms with van der Waals surface area (Å²) in [6.45, 7) is -0.155. The number of anilines is 1. The maximum atomic E-state index is 13.6. The molecule has 2 aromatic rings. The molecule has 0 unspecified atom stereocenters. The van der Waals surface area contributed by atoms with Gasteiger partial charge in [0.2, 0.25) is 0 Å². The van der Waals surface area contributed by atoms with Crippen LogP contribution >= 0.6 is 0 Å². The van der Waals surface area contributed by atoms with Crippen molar-refractivity contribution in [2.75, 3.05) is 25.6 Å². The fourth-order valence-corrected chi connectivity index (χ4v) is 2.09. The molecule has 0 spiro atoms. The first-order valence-electron chi connectivity index (χ1n) is 6.36. The van der Waals surface area contributed by atoms with Gasteiger partial charge in [0.1, 0.15) is 17.4 Å². The smallest absolute Gasteiger partial charge is 0.187 e. The Kier molecular flexibility index (Phi) is 4.52. The average molecular weight is 291 g/mol. The first-order valence-corrected chi connectivity index (χ1v) is 6.36. The molecule has 0 N–H and O–H groups in total. The van der Waals surface area contributed by atoms with Crippen LogP contribution in [0.1, 0.15) is 10.4 Å². The Labute approximate surface area is 121 Å². The van der Waals surface area contributed by atoms with Crippen molar-refractivity contribution in [1.82, 2.24) is 0 Å². The van der Waals surface area contributed by atoms with E-state index in [4.69, 9.17) is 4.74 Å². The van der Waals surface area contributed by atoms with Gasteiger partial charge in [0.15, 0.2) is 5.78 Å². The molecule has 0 aliphatic heterocycles. The third-order valence-electron chi connectivity index (χ3n) is 3.12. The second kappa shape index (κ2) is 6.35. The molecule has 0 amide bonds. The van der Waals surface area contributed by atoms with Gasteiger partial charge < -0.3 is 9.64 Å². The molecule has 0 saturated heterocycles. The highest BCUT2D eigenvalue weighted by molar-refractivity contribution is 5.99. The van der Waals surface area contributed by atoms with Crippen LogP contribution in [-0.2, 0) is 0 Å². The first kappa shape index (κ1) is 15.0. The largest absolute Gasteiger partial charge is 0.495 e. The number of halogens is 2. The minimum absolute atomic E-state index is 0.155. The molecule has 0 aliphatic rings. The van der Waals surface area contributed by atoms with E-state index in [0.717, 1.165) is 12.1 Å². The third kappa shape index (κ3) is 3.18. The number of carbonyl (C=O) groups is 1. The molecule has 5 heteroatoms. The maximum absolute atomic E-state index is 13.6. The Hall–Kier alpha value is -2.43. The molecule has 2 rings (SSSR count). The van der Waals surface area contributed by atoms with E-state index in [2.05, 4.69) is 0 Å². The zero-order chi connectivity index (χ0) is 15.4. The van der Waals surface area contributed by atoms with E-state index in [1.54, 1.807) is 36.2 Å². The summed E-state index contributed by atoms with van der Waals surface area (Å²) in [5.74, 6) is -1.75. The van der Waals surface area contributed by atoms with Crippen LogP contribution in [0.25, 0.3) is 0 Å². The van der Waals surface area contributed by atoms with E-state index < -0.39 is 23.0 Å². The number of nitrogens with zero attached hydrogens (tertiary/aromatic N) is 1. The number of ether oxygens (including phenoxy) is 1. The lowest BCUT2D eigenvalue weighted by atomic mass is 10.1. The summed E-state index contributed by atoms with van der Waals surface area (Å²) in [5.41, 5.74) is 0.157. The number of rotatable bonds is 5. The molecule has 0 saturated carbocycles. The number of methoxy groups -OCH3 is 1. The third-order valence-corrected chi connectivity index (χ3v) is 3.12. The summed E-state index contributed by atoms with van der Waals surface area (Å²) in [5, 5.41) is 0. The van der Waals surface area contributed by atoms with Gasteiger partial charge in [-0.25, -0.2) is 8.78 Å². The lowest BCUT2D eigenvalue weighted by molar-refractivity contribution is 0.0992. The van der Waals surface area contributed by atoms with Crippen molar-refractivity contribution >= 4 is 11.5 Å². The van der Waals surface area contributed by atoms with Crippen LogP contribution in [0.3, 0.4) is 0 Å². The highest BCUT2D eigenvalue weighted by Crippen LogP contribution is 2.26. The zero-order valence-corrected chi connectivity index (χ0v) is 11.8. The summed E-state index contributed by atoms with van der Waals surface area (Å²) >= 11 is 0. The van der Waals surface area contributed by atoms with Crippen LogP contribution in [0, 0.1) is 11.6 Å². The molecule has 0 heterocycles. The standard InChI is InChI=1S/C16H15F2NO2/c1-19(13-8-3-4-9-15(13)21-2)10-14(20)16-11(17)6-5-7-12(16)18/h3-9H,10H2,1-2H3. The average Bonchev–Trinajstić information content (AvgIpc) is 2.46. The predicted molar refractivity (Wildman–Crippen MR) is 77.0 cm³/mol. The highest BCUT2D eigenvalue weighted by atomic mass is 19.1. The summed E-state index contributed by atoms with van der Waals surface area (Å²) in [6.07, 6.45) is 0. The van der Waals surface area contributed by atoms with Crippen molar-refractivity contribution < 1.29 is 18.3 Å². The highest BCUT2D eigenvalue weighted by Gasteiger charge is 2.19. The van der Waals surface area contributed by atoms with E-state index in [0.29, 0.717) is 11.4 Å². The van der Waals surface area contributed by atoms with Crippen molar-refractivity contribution in [3.8, 4) is 5.75 Å². The number of carbonyl (C=O) groups excluding carboxylic acids is 1. The van der Waals surface area contributed by atoms with Crippen LogP contribution < -0.4 is 9.64 Å². The zero-order valence-electron chi connectivity index (χ0n) is 11.8. The van der Waals surface area contributed by atoms with Gasteiger partial charge >= 0.3 is 0 Å². The van der Waals surface area contributed by atoms with Crippen LogP contribution in [0.4, 0.5) is 14.5 Å². The minimum Gasteiger partial charge on any atom is -0.495 e. The van der Waals surface area contributed by atoms with Gasteiger partial charge in [0.05, 0.1) is 24.9 Å². The Morgan fingerprint density at radius 3 is 2.33 bits per heavy atom.